The van der Waals surface area contributed by atoms with Gasteiger partial charge in [-0.3, -0.25) is 0 Å². The molecule has 4 aromatic rings. The summed E-state index contributed by atoms with van der Waals surface area (Å²) >= 11 is 3.05. The summed E-state index contributed by atoms with van der Waals surface area (Å²) in [7, 11) is 0. The van der Waals surface area contributed by atoms with Gasteiger partial charge in [-0.2, -0.15) is 4.98 Å². The molecule has 0 fully saturated rings. The fraction of sp³-hybridized carbons (Fsp3) is 0.133. The first-order chi connectivity index (χ1) is 10.8. The lowest BCUT2D eigenvalue weighted by Gasteiger charge is -2.00. The summed E-state index contributed by atoms with van der Waals surface area (Å²) in [4.78, 5) is 9.88. The molecule has 0 spiro atoms. The molecule has 7 heteroatoms. The normalized spacial score (nSPS) is 12.8. The zero-order valence-electron chi connectivity index (χ0n) is 11.6. The minimum Gasteiger partial charge on any atom is -0.431 e. The van der Waals surface area contributed by atoms with Gasteiger partial charge in [0.05, 0.1) is 10.1 Å². The summed E-state index contributed by atoms with van der Waals surface area (Å²) in [5, 5.41) is 6.58. The van der Waals surface area contributed by atoms with E-state index in [0.29, 0.717) is 16.9 Å². The Morgan fingerprint density at radius 2 is 2.05 bits per heavy atom. The molecule has 3 heterocycles. The molecule has 3 aromatic heterocycles. The van der Waals surface area contributed by atoms with Crippen molar-refractivity contribution in [2.45, 2.75) is 17.4 Å². The van der Waals surface area contributed by atoms with Crippen LogP contribution in [0.5, 0.6) is 0 Å². The van der Waals surface area contributed by atoms with Crippen LogP contribution in [0.25, 0.3) is 21.8 Å². The molecule has 1 aromatic carbocycles. The Bertz CT molecular complexity index is 865. The van der Waals surface area contributed by atoms with Crippen LogP contribution in [0.4, 0.5) is 0 Å². The van der Waals surface area contributed by atoms with Crippen molar-refractivity contribution in [3.63, 3.8) is 0 Å². The highest BCUT2D eigenvalue weighted by molar-refractivity contribution is 7.99. The molecular weight excluding hydrogens is 318 g/mol. The number of hydrogen-bond acceptors (Lipinski definition) is 7. The molecule has 22 heavy (non-hydrogen) atoms. The van der Waals surface area contributed by atoms with Crippen molar-refractivity contribution in [3.05, 3.63) is 47.7 Å². The average molecular weight is 329 g/mol. The maximum atomic E-state index is 5.70. The van der Waals surface area contributed by atoms with Gasteiger partial charge in [0.2, 0.25) is 11.7 Å². The smallest absolute Gasteiger partial charge is 0.257 e. The Morgan fingerprint density at radius 3 is 2.86 bits per heavy atom. The lowest BCUT2D eigenvalue weighted by molar-refractivity contribution is 0.380. The largest absolute Gasteiger partial charge is 0.431 e. The fourth-order valence-electron chi connectivity index (χ4n) is 2.01. The highest BCUT2D eigenvalue weighted by atomic mass is 32.2. The summed E-state index contributed by atoms with van der Waals surface area (Å²) in [5.74, 6) is 1.19. The van der Waals surface area contributed by atoms with Crippen molar-refractivity contribution >= 4 is 34.2 Å². The van der Waals surface area contributed by atoms with E-state index in [-0.39, 0.29) is 5.25 Å². The maximum Gasteiger partial charge on any atom is 0.257 e. The van der Waals surface area contributed by atoms with Crippen LogP contribution in [-0.4, -0.2) is 15.1 Å². The van der Waals surface area contributed by atoms with Crippen LogP contribution in [0, 0.1) is 0 Å². The van der Waals surface area contributed by atoms with Gasteiger partial charge in [0.15, 0.2) is 5.58 Å². The molecule has 4 rings (SSSR count). The quantitative estimate of drug-likeness (QED) is 0.501. The SMILES string of the molecule is CC(Sc1nc2ccccc2o1)c1nc(-c2cccs2)no1. The number of nitrogens with zero attached hydrogens (tertiary/aromatic N) is 3. The lowest BCUT2D eigenvalue weighted by Crippen LogP contribution is -1.88. The molecular formula is C15H11N3O2S2. The van der Waals surface area contributed by atoms with E-state index in [1.54, 1.807) is 11.3 Å². The fourth-order valence-corrected chi connectivity index (χ4v) is 3.45. The third kappa shape index (κ3) is 2.53. The van der Waals surface area contributed by atoms with Crippen LogP contribution in [0.2, 0.25) is 0 Å². The average Bonchev–Trinajstić information content (AvgIpc) is 3.26. The van der Waals surface area contributed by atoms with Gasteiger partial charge in [-0.1, -0.05) is 35.1 Å². The second kappa shape index (κ2) is 5.58. The first-order valence-electron chi connectivity index (χ1n) is 6.69. The van der Waals surface area contributed by atoms with E-state index in [4.69, 9.17) is 8.94 Å². The first-order valence-corrected chi connectivity index (χ1v) is 8.45. The van der Waals surface area contributed by atoms with Gasteiger partial charge in [0.1, 0.15) is 5.52 Å². The van der Waals surface area contributed by atoms with E-state index < -0.39 is 0 Å². The molecule has 0 aliphatic heterocycles. The second-order valence-electron chi connectivity index (χ2n) is 4.64. The standard InChI is InChI=1S/C15H11N3O2S2/c1-9(14-17-13(18-20-14)12-7-4-8-21-12)22-15-16-10-5-2-3-6-11(10)19-15/h2-9H,1H3. The maximum absolute atomic E-state index is 5.70. The van der Waals surface area contributed by atoms with Crippen LogP contribution in [0.15, 0.2) is 55.9 Å². The zero-order chi connectivity index (χ0) is 14.9. The molecule has 1 unspecified atom stereocenters. The lowest BCUT2D eigenvalue weighted by atomic mass is 10.3. The van der Waals surface area contributed by atoms with Crippen molar-refractivity contribution in [1.29, 1.82) is 0 Å². The Balaban J connectivity index is 1.55. The van der Waals surface area contributed by atoms with Crippen molar-refractivity contribution < 1.29 is 8.94 Å². The van der Waals surface area contributed by atoms with Gasteiger partial charge in [-0.25, -0.2) is 4.98 Å². The van der Waals surface area contributed by atoms with Crippen LogP contribution in [0.3, 0.4) is 0 Å². The van der Waals surface area contributed by atoms with E-state index in [1.165, 1.54) is 11.8 Å². The number of benzene rings is 1. The topological polar surface area (TPSA) is 65.0 Å². The summed E-state index contributed by atoms with van der Waals surface area (Å²) in [6.07, 6.45) is 0. The molecule has 0 aliphatic rings. The number of thioether (sulfide) groups is 1. The minimum absolute atomic E-state index is 0.0331. The summed E-state index contributed by atoms with van der Waals surface area (Å²) < 4.78 is 11.1. The van der Waals surface area contributed by atoms with Crippen molar-refractivity contribution in [3.8, 4) is 10.7 Å². The highest BCUT2D eigenvalue weighted by Crippen LogP contribution is 2.35. The van der Waals surface area contributed by atoms with Crippen LogP contribution in [0.1, 0.15) is 18.1 Å². The molecule has 0 saturated heterocycles. The van der Waals surface area contributed by atoms with Gasteiger partial charge in [0.25, 0.3) is 5.22 Å². The summed E-state index contributed by atoms with van der Waals surface area (Å²) in [5.41, 5.74) is 1.63. The van der Waals surface area contributed by atoms with Gasteiger partial charge in [-0.15, -0.1) is 11.3 Å². The van der Waals surface area contributed by atoms with Gasteiger partial charge in [0, 0.05) is 0 Å². The predicted octanol–water partition coefficient (Wildman–Crippen LogP) is 4.79. The molecule has 5 nitrogen and oxygen atoms in total. The molecule has 0 saturated carbocycles. The first kappa shape index (κ1) is 13.5. The minimum atomic E-state index is -0.0331. The van der Waals surface area contributed by atoms with E-state index in [9.17, 15) is 0 Å². The molecule has 0 bridgehead atoms. The van der Waals surface area contributed by atoms with E-state index >= 15 is 0 Å². The van der Waals surface area contributed by atoms with E-state index in [1.807, 2.05) is 48.7 Å². The summed E-state index contributed by atoms with van der Waals surface area (Å²) in [6.45, 7) is 1.99. The van der Waals surface area contributed by atoms with Gasteiger partial charge < -0.3 is 8.94 Å². The number of hydrogen-bond donors (Lipinski definition) is 0. The third-order valence-electron chi connectivity index (χ3n) is 3.08. The van der Waals surface area contributed by atoms with Crippen molar-refractivity contribution in [2.24, 2.45) is 0 Å². The van der Waals surface area contributed by atoms with Crippen molar-refractivity contribution in [2.75, 3.05) is 0 Å². The molecule has 0 radical (unpaired) electrons. The molecule has 0 aliphatic carbocycles. The highest BCUT2D eigenvalue weighted by Gasteiger charge is 2.19. The Kier molecular flexibility index (Phi) is 3.44. The van der Waals surface area contributed by atoms with Gasteiger partial charge >= 0.3 is 0 Å². The number of thiophene rings is 1. The number of fused-ring (bicyclic) bond motifs is 1. The number of para-hydroxylation sites is 2. The zero-order valence-corrected chi connectivity index (χ0v) is 13.2. The van der Waals surface area contributed by atoms with Crippen LogP contribution >= 0.6 is 23.1 Å². The Labute approximate surface area is 134 Å². The number of oxazole rings is 1. The third-order valence-corrected chi connectivity index (χ3v) is 4.88. The number of aromatic nitrogens is 3. The Morgan fingerprint density at radius 1 is 1.14 bits per heavy atom. The molecule has 1 atom stereocenters. The van der Waals surface area contributed by atoms with Crippen molar-refractivity contribution in [1.82, 2.24) is 15.1 Å². The Hall–Kier alpha value is -2.12. The molecule has 0 N–H and O–H groups in total. The van der Waals surface area contributed by atoms with Crippen LogP contribution in [-0.2, 0) is 0 Å². The predicted molar refractivity (Wildman–Crippen MR) is 85.9 cm³/mol. The van der Waals surface area contributed by atoms with E-state index in [2.05, 4.69) is 15.1 Å². The van der Waals surface area contributed by atoms with Crippen LogP contribution < -0.4 is 0 Å². The van der Waals surface area contributed by atoms with E-state index in [0.717, 1.165) is 16.0 Å². The molecule has 0 amide bonds. The monoisotopic (exact) mass is 329 g/mol. The summed E-state index contributed by atoms with van der Waals surface area (Å²) in [6, 6.07) is 11.6. The molecule has 110 valence electrons. The van der Waals surface area contributed by atoms with Gasteiger partial charge in [-0.05, 0) is 30.5 Å². The second-order valence-corrected chi connectivity index (χ2v) is 6.88. The number of rotatable bonds is 4.